The second-order valence-corrected chi connectivity index (χ2v) is 10.1. The molecule has 0 bridgehead atoms. The Bertz CT molecular complexity index is 1370. The van der Waals surface area contributed by atoms with E-state index in [1.165, 1.54) is 5.39 Å². The number of hydrogen-bond donors (Lipinski definition) is 1. The number of aromatic nitrogens is 3. The lowest BCUT2D eigenvalue weighted by atomic mass is 10.0. The first kappa shape index (κ1) is 23.1. The van der Waals surface area contributed by atoms with Gasteiger partial charge < -0.3 is 19.6 Å². The minimum Gasteiger partial charge on any atom is -0.352 e. The first-order valence-corrected chi connectivity index (χ1v) is 12.3. The molecule has 8 nitrogen and oxygen atoms in total. The first-order chi connectivity index (χ1) is 16.8. The molecule has 3 heterocycles. The average molecular weight is 473 g/mol. The number of urea groups is 1. The lowest BCUT2D eigenvalue weighted by Crippen LogP contribution is -2.55. The summed E-state index contributed by atoms with van der Waals surface area (Å²) < 4.78 is 5.75. The number of hydrogen-bond acceptors (Lipinski definition) is 6. The van der Waals surface area contributed by atoms with Crippen LogP contribution >= 0.6 is 0 Å². The molecule has 0 aliphatic carbocycles. The first-order valence-electron chi connectivity index (χ1n) is 12.3. The number of benzene rings is 2. The molecule has 0 saturated carbocycles. The third kappa shape index (κ3) is 4.78. The molecule has 4 aromatic rings. The van der Waals surface area contributed by atoms with Crippen molar-refractivity contribution < 1.29 is 9.32 Å². The predicted octanol–water partition coefficient (Wildman–Crippen LogP) is 5.02. The Kier molecular flexibility index (Phi) is 6.05. The standard InChI is InChI=1S/C27H32N6O2/c1-5-8-21-28-24(32-13-15-33(16-14-32)26(34)30-27(2,3)4)22-23(31-35-25(22)29-21)20-12-11-18-9-6-7-10-19(18)17-20/h6-7,9-12,17H,5,8,13-16H2,1-4H3,(H,30,34). The molecule has 1 aliphatic heterocycles. The zero-order chi connectivity index (χ0) is 24.6. The zero-order valence-corrected chi connectivity index (χ0v) is 20.8. The summed E-state index contributed by atoms with van der Waals surface area (Å²) in [6.07, 6.45) is 1.71. The Balaban J connectivity index is 1.50. The topological polar surface area (TPSA) is 87.4 Å². The second-order valence-electron chi connectivity index (χ2n) is 10.1. The molecule has 0 atom stereocenters. The Morgan fingerprint density at radius 3 is 2.49 bits per heavy atom. The van der Waals surface area contributed by atoms with Crippen molar-refractivity contribution >= 4 is 33.7 Å². The van der Waals surface area contributed by atoms with Crippen LogP contribution < -0.4 is 10.2 Å². The molecule has 0 radical (unpaired) electrons. The second kappa shape index (κ2) is 9.17. The Morgan fingerprint density at radius 1 is 1.03 bits per heavy atom. The summed E-state index contributed by atoms with van der Waals surface area (Å²) in [5.74, 6) is 1.59. The van der Waals surface area contributed by atoms with Crippen molar-refractivity contribution in [2.75, 3.05) is 31.1 Å². The van der Waals surface area contributed by atoms with Gasteiger partial charge in [0.2, 0.25) is 0 Å². The highest BCUT2D eigenvalue weighted by Crippen LogP contribution is 2.35. The minimum atomic E-state index is -0.265. The number of rotatable bonds is 4. The van der Waals surface area contributed by atoms with Gasteiger partial charge in [-0.15, -0.1) is 0 Å². The van der Waals surface area contributed by atoms with E-state index >= 15 is 0 Å². The van der Waals surface area contributed by atoms with Crippen LogP contribution in [-0.2, 0) is 6.42 Å². The van der Waals surface area contributed by atoms with E-state index in [1.807, 2.05) is 37.8 Å². The van der Waals surface area contributed by atoms with E-state index < -0.39 is 0 Å². The maximum absolute atomic E-state index is 12.7. The van der Waals surface area contributed by atoms with Gasteiger partial charge in [-0.05, 0) is 44.0 Å². The molecule has 0 unspecified atom stereocenters. The number of amides is 2. The van der Waals surface area contributed by atoms with Crippen LogP contribution in [0.5, 0.6) is 0 Å². The number of anilines is 1. The number of aryl methyl sites for hydroxylation is 1. The SMILES string of the molecule is CCCc1nc(N2CCN(C(=O)NC(C)(C)C)CC2)c2c(-c3ccc4ccccc4c3)noc2n1. The molecule has 2 aromatic carbocycles. The summed E-state index contributed by atoms with van der Waals surface area (Å²) in [6.45, 7) is 10.7. The van der Waals surface area contributed by atoms with E-state index in [4.69, 9.17) is 9.51 Å². The highest BCUT2D eigenvalue weighted by atomic mass is 16.5. The quantitative estimate of drug-likeness (QED) is 0.449. The summed E-state index contributed by atoms with van der Waals surface area (Å²) in [5.41, 5.74) is 1.96. The van der Waals surface area contributed by atoms with Gasteiger partial charge in [0.1, 0.15) is 22.7 Å². The smallest absolute Gasteiger partial charge is 0.317 e. The van der Waals surface area contributed by atoms with Crippen LogP contribution in [0.1, 0.15) is 39.9 Å². The van der Waals surface area contributed by atoms with Crippen molar-refractivity contribution in [1.82, 2.24) is 25.3 Å². The van der Waals surface area contributed by atoms with E-state index in [9.17, 15) is 4.79 Å². The van der Waals surface area contributed by atoms with E-state index in [0.29, 0.717) is 31.9 Å². The number of carbonyl (C=O) groups excluding carboxylic acids is 1. The summed E-state index contributed by atoms with van der Waals surface area (Å²) in [4.78, 5) is 26.4. The highest BCUT2D eigenvalue weighted by molar-refractivity contribution is 6.00. The van der Waals surface area contributed by atoms with Gasteiger partial charge in [0.15, 0.2) is 0 Å². The summed E-state index contributed by atoms with van der Waals surface area (Å²) in [5, 5.41) is 10.6. The summed E-state index contributed by atoms with van der Waals surface area (Å²) >= 11 is 0. The van der Waals surface area contributed by atoms with Gasteiger partial charge in [0.25, 0.3) is 5.71 Å². The average Bonchev–Trinajstić information content (AvgIpc) is 3.26. The number of nitrogens with one attached hydrogen (secondary N) is 1. The molecule has 8 heteroatoms. The Hall–Kier alpha value is -3.68. The van der Waals surface area contributed by atoms with Crippen molar-refractivity contribution in [3.05, 3.63) is 48.3 Å². The third-order valence-corrected chi connectivity index (χ3v) is 6.21. The molecule has 1 aliphatic rings. The monoisotopic (exact) mass is 472 g/mol. The van der Waals surface area contributed by atoms with Gasteiger partial charge in [-0.3, -0.25) is 0 Å². The largest absolute Gasteiger partial charge is 0.352 e. The number of carbonyl (C=O) groups is 1. The van der Waals surface area contributed by atoms with Gasteiger partial charge in [0, 0.05) is 43.7 Å². The normalized spacial score (nSPS) is 14.6. The predicted molar refractivity (Wildman–Crippen MR) is 139 cm³/mol. The van der Waals surface area contributed by atoms with Crippen molar-refractivity contribution in [3.8, 4) is 11.3 Å². The molecule has 1 saturated heterocycles. The van der Waals surface area contributed by atoms with Crippen molar-refractivity contribution in [3.63, 3.8) is 0 Å². The molecule has 1 fully saturated rings. The van der Waals surface area contributed by atoms with E-state index in [-0.39, 0.29) is 11.6 Å². The van der Waals surface area contributed by atoms with E-state index in [2.05, 4.69) is 57.6 Å². The number of nitrogens with zero attached hydrogens (tertiary/aromatic N) is 5. The summed E-state index contributed by atoms with van der Waals surface area (Å²) in [7, 11) is 0. The van der Waals surface area contributed by atoms with Crippen LogP contribution in [0.3, 0.4) is 0 Å². The fraction of sp³-hybridized carbons (Fsp3) is 0.407. The van der Waals surface area contributed by atoms with E-state index in [0.717, 1.165) is 46.5 Å². The number of fused-ring (bicyclic) bond motifs is 2. The van der Waals surface area contributed by atoms with Gasteiger partial charge in [-0.2, -0.15) is 4.98 Å². The van der Waals surface area contributed by atoms with Crippen LogP contribution in [0.2, 0.25) is 0 Å². The molecular weight excluding hydrogens is 440 g/mol. The van der Waals surface area contributed by atoms with Gasteiger partial charge >= 0.3 is 6.03 Å². The highest BCUT2D eigenvalue weighted by Gasteiger charge is 2.28. The molecule has 0 spiro atoms. The van der Waals surface area contributed by atoms with Crippen LogP contribution in [0, 0.1) is 0 Å². The third-order valence-electron chi connectivity index (χ3n) is 6.21. The zero-order valence-electron chi connectivity index (χ0n) is 20.8. The fourth-order valence-electron chi connectivity index (χ4n) is 4.50. The van der Waals surface area contributed by atoms with Crippen LogP contribution in [0.25, 0.3) is 33.1 Å². The Morgan fingerprint density at radius 2 is 1.77 bits per heavy atom. The van der Waals surface area contributed by atoms with Gasteiger partial charge in [-0.1, -0.05) is 48.5 Å². The van der Waals surface area contributed by atoms with Crippen LogP contribution in [-0.4, -0.2) is 57.8 Å². The minimum absolute atomic E-state index is 0.0292. The number of piperazine rings is 1. The lowest BCUT2D eigenvalue weighted by Gasteiger charge is -2.37. The summed E-state index contributed by atoms with van der Waals surface area (Å²) in [6, 6.07) is 14.5. The molecule has 2 amide bonds. The molecular formula is C27H32N6O2. The van der Waals surface area contributed by atoms with Gasteiger partial charge in [-0.25, -0.2) is 9.78 Å². The van der Waals surface area contributed by atoms with Crippen LogP contribution in [0.15, 0.2) is 47.0 Å². The lowest BCUT2D eigenvalue weighted by molar-refractivity contribution is 0.185. The maximum Gasteiger partial charge on any atom is 0.317 e. The van der Waals surface area contributed by atoms with Crippen molar-refractivity contribution in [2.24, 2.45) is 0 Å². The van der Waals surface area contributed by atoms with Crippen molar-refractivity contribution in [2.45, 2.75) is 46.1 Å². The molecule has 2 aromatic heterocycles. The molecule has 1 N–H and O–H groups in total. The molecule has 35 heavy (non-hydrogen) atoms. The van der Waals surface area contributed by atoms with Crippen LogP contribution in [0.4, 0.5) is 10.6 Å². The maximum atomic E-state index is 12.7. The van der Waals surface area contributed by atoms with E-state index in [1.54, 1.807) is 0 Å². The van der Waals surface area contributed by atoms with Gasteiger partial charge in [0.05, 0.1) is 0 Å². The van der Waals surface area contributed by atoms with Crippen molar-refractivity contribution in [1.29, 1.82) is 0 Å². The Labute approximate surface area is 205 Å². The molecule has 5 rings (SSSR count). The fourth-order valence-corrected chi connectivity index (χ4v) is 4.50. The molecule has 182 valence electrons.